The van der Waals surface area contributed by atoms with Crippen LogP contribution in [0.4, 0.5) is 0 Å². The minimum Gasteiger partial charge on any atom is -0.794 e. The average Bonchev–Trinajstić information content (AvgIpc) is 0.722. The molecule has 0 amide bonds. The molecule has 0 nitrogen and oxygen atoms in total. The van der Waals surface area contributed by atoms with Gasteiger partial charge < -0.3 is 40.4 Å². The van der Waals surface area contributed by atoms with E-state index in [9.17, 15) is 0 Å². The van der Waals surface area contributed by atoms with Gasteiger partial charge in [0.15, 0.2) is 0 Å². The molecule has 2 radical (unpaired) electrons. The Morgan fingerprint density at radius 3 is 1.14 bits per heavy atom. The molecule has 0 aliphatic carbocycles. The van der Waals surface area contributed by atoms with Gasteiger partial charge in [0.2, 0.25) is 0 Å². The van der Waals surface area contributed by atoms with Crippen LogP contribution in [0.25, 0.3) is 0 Å². The summed E-state index contributed by atoms with van der Waals surface area (Å²) in [6, 6.07) is 0. The molecule has 0 saturated carbocycles. The first kappa shape index (κ1) is 17.4. The second-order valence-corrected chi connectivity index (χ2v) is 12.1. The first-order valence-corrected chi connectivity index (χ1v) is 6.57. The van der Waals surface area contributed by atoms with Gasteiger partial charge in [-0.15, -0.1) is 0 Å². The van der Waals surface area contributed by atoms with E-state index in [1.54, 1.807) is 0 Å². The third-order valence-electron chi connectivity index (χ3n) is 0. The summed E-state index contributed by atoms with van der Waals surface area (Å²) in [6.45, 7) is 0. The molecule has 0 heterocycles. The summed E-state index contributed by atoms with van der Waals surface area (Å²) in [5, 5.41) is 0. The maximum absolute atomic E-state index is 4.38. The number of hydrogen-bond acceptors (Lipinski definition) is 4. The summed E-state index contributed by atoms with van der Waals surface area (Å²) < 4.78 is -2.06. The molecule has 0 rings (SSSR count). The van der Waals surface area contributed by atoms with Crippen LogP contribution in [0.1, 0.15) is 0 Å². The molecule has 7 heavy (non-hydrogen) atoms. The van der Waals surface area contributed by atoms with Crippen LogP contribution < -0.4 is 51.4 Å². The van der Waals surface area contributed by atoms with E-state index < -0.39 is 3.64 Å². The summed E-state index contributed by atoms with van der Waals surface area (Å²) in [5.41, 5.74) is 0. The maximum atomic E-state index is 4.38. The fourth-order valence-electron chi connectivity index (χ4n) is 0. The molecule has 0 spiro atoms. The predicted molar refractivity (Wildman–Crippen MR) is 42.1 cm³/mol. The van der Waals surface area contributed by atoms with Gasteiger partial charge in [-0.1, -0.05) is 0 Å². The Morgan fingerprint density at radius 2 is 1.14 bits per heavy atom. The third-order valence-corrected chi connectivity index (χ3v) is 0. The zero-order chi connectivity index (χ0) is 4.50. The van der Waals surface area contributed by atoms with Crippen LogP contribution in [0.5, 0.6) is 0 Å². The van der Waals surface area contributed by atoms with Crippen molar-refractivity contribution >= 4 is 79.5 Å². The van der Waals surface area contributed by atoms with Crippen molar-refractivity contribution in [3.63, 3.8) is 0 Å². The van der Waals surface area contributed by atoms with Crippen LogP contribution in [-0.4, -0.2) is 27.3 Å². The summed E-state index contributed by atoms with van der Waals surface area (Å²) >= 11 is 17.5. The molecular weight excluding hydrogens is 406 g/mol. The molecule has 0 aromatic rings. The standard InChI is InChI=1S/K.H3PS4.Pb/c;2-1(3,4)5;/h;(H3,2,3,4,5);/q+1;;+2/p-3. The van der Waals surface area contributed by atoms with E-state index in [0.29, 0.717) is 0 Å². The summed E-state index contributed by atoms with van der Waals surface area (Å²) in [6.07, 6.45) is 0. The van der Waals surface area contributed by atoms with Gasteiger partial charge in [0, 0.05) is 0 Å². The van der Waals surface area contributed by atoms with Crippen LogP contribution in [0.2, 0.25) is 0 Å². The topological polar surface area (TPSA) is 0 Å². The minimum absolute atomic E-state index is 0. The van der Waals surface area contributed by atoms with Crippen molar-refractivity contribution in [1.82, 2.24) is 0 Å². The molecule has 0 fully saturated rings. The van der Waals surface area contributed by atoms with E-state index >= 15 is 0 Å². The zero-order valence-electron chi connectivity index (χ0n) is 3.58. The quantitative estimate of drug-likeness (QED) is 0.248. The number of rotatable bonds is 0. The van der Waals surface area contributed by atoms with E-state index in [2.05, 4.69) is 48.6 Å². The summed E-state index contributed by atoms with van der Waals surface area (Å²) in [5.74, 6) is 0. The second kappa shape index (κ2) is 8.36. The summed E-state index contributed by atoms with van der Waals surface area (Å²) in [7, 11) is 0. The van der Waals surface area contributed by atoms with Crippen LogP contribution in [0.3, 0.4) is 0 Å². The SMILES string of the molecule is S=P([S-])([S-])[S-].[K+].[Pb+2]. The monoisotopic (exact) mass is 406 g/mol. The van der Waals surface area contributed by atoms with Gasteiger partial charge in [-0.25, -0.2) is 0 Å². The smallest absolute Gasteiger partial charge is 0.794 e. The van der Waals surface area contributed by atoms with Gasteiger partial charge in [0.05, 0.1) is 0 Å². The Hall–Kier alpha value is 4.26. The minimum atomic E-state index is -2.06. The van der Waals surface area contributed by atoms with Gasteiger partial charge in [-0.05, 0) is 0 Å². The van der Waals surface area contributed by atoms with E-state index in [0.717, 1.165) is 0 Å². The normalized spacial score (nSPS) is 8.43. The van der Waals surface area contributed by atoms with Crippen molar-refractivity contribution < 1.29 is 51.4 Å². The van der Waals surface area contributed by atoms with Gasteiger partial charge in [0.25, 0.3) is 0 Å². The molecular formula is KPPbS4. The fraction of sp³-hybridized carbons (Fsp3) is 0. The molecule has 7 heteroatoms. The van der Waals surface area contributed by atoms with Crippen LogP contribution in [0.15, 0.2) is 0 Å². The molecule has 0 unspecified atom stereocenters. The van der Waals surface area contributed by atoms with Crippen molar-refractivity contribution in [2.24, 2.45) is 0 Å². The van der Waals surface area contributed by atoms with Crippen molar-refractivity contribution in [2.45, 2.75) is 0 Å². The Balaban J connectivity index is -0.0000000800. The second-order valence-electron chi connectivity index (χ2n) is 0.447. The van der Waals surface area contributed by atoms with Crippen molar-refractivity contribution in [3.05, 3.63) is 0 Å². The third kappa shape index (κ3) is 38.6. The van der Waals surface area contributed by atoms with Crippen LogP contribution in [-0.2, 0) is 48.6 Å². The first-order chi connectivity index (χ1) is 2.00. The molecule has 0 bridgehead atoms. The van der Waals surface area contributed by atoms with Gasteiger partial charge in [-0.3, -0.25) is 0 Å². The van der Waals surface area contributed by atoms with Crippen LogP contribution >= 0.6 is 3.64 Å². The fourth-order valence-corrected chi connectivity index (χ4v) is 0. The molecule has 0 N–H and O–H groups in total. The molecule has 0 aromatic carbocycles. The Morgan fingerprint density at radius 1 is 1.14 bits per heavy atom. The molecule has 0 aromatic heterocycles. The molecule has 0 aliphatic rings. The molecule has 34 valence electrons. The first-order valence-electron chi connectivity index (χ1n) is 0.730. The number of hydrogen-bond donors (Lipinski definition) is 0. The summed E-state index contributed by atoms with van der Waals surface area (Å²) in [4.78, 5) is 0. The Labute approximate surface area is 127 Å². The maximum Gasteiger partial charge on any atom is 2.00 e. The van der Waals surface area contributed by atoms with Crippen LogP contribution in [0, 0.1) is 0 Å². The van der Waals surface area contributed by atoms with E-state index in [4.69, 9.17) is 0 Å². The molecule has 0 atom stereocenters. The predicted octanol–water partition coefficient (Wildman–Crippen LogP) is -2.53. The van der Waals surface area contributed by atoms with Crippen molar-refractivity contribution in [2.75, 3.05) is 0 Å². The van der Waals surface area contributed by atoms with E-state index in [1.165, 1.54) is 0 Å². The van der Waals surface area contributed by atoms with Gasteiger partial charge in [0.1, 0.15) is 0 Å². The average molecular weight is 406 g/mol. The van der Waals surface area contributed by atoms with E-state index in [1.807, 2.05) is 0 Å². The zero-order valence-corrected chi connectivity index (χ0v) is 14.8. The Kier molecular flexibility index (Phi) is 20.7. The van der Waals surface area contributed by atoms with Crippen molar-refractivity contribution in [1.29, 1.82) is 0 Å². The van der Waals surface area contributed by atoms with Gasteiger partial charge in [-0.2, -0.15) is 11.8 Å². The molecule has 0 aliphatic heterocycles. The Bertz CT molecular complexity index is 57.8. The van der Waals surface area contributed by atoms with Gasteiger partial charge >= 0.3 is 78.7 Å². The van der Waals surface area contributed by atoms with E-state index in [-0.39, 0.29) is 78.7 Å². The molecule has 0 saturated heterocycles. The van der Waals surface area contributed by atoms with Crippen molar-refractivity contribution in [3.8, 4) is 0 Å². The largest absolute Gasteiger partial charge is 2.00 e.